The third-order valence-electron chi connectivity index (χ3n) is 6.12. The molecular formula is C21H35N. The molecule has 2 saturated carbocycles. The van der Waals surface area contributed by atoms with Gasteiger partial charge >= 0.3 is 0 Å². The molecule has 0 unspecified atom stereocenters. The van der Waals surface area contributed by atoms with Crippen molar-refractivity contribution in [3.63, 3.8) is 0 Å². The standard InChI is InChI=1S/C21H35N/c1-2-3-4-5-6-18-7-9-19(10-8-18)11-12-20-13-15-21(17-22)16-14-20/h3-4,18-21H,2,5-16H2,1H3/b4-3+/t18-,19-,20?,21?. The smallest absolute Gasteiger partial charge is 0.0655 e. The van der Waals surface area contributed by atoms with Gasteiger partial charge in [-0.05, 0) is 62.7 Å². The molecule has 2 rings (SSSR count). The van der Waals surface area contributed by atoms with E-state index in [1.807, 2.05) is 0 Å². The molecule has 0 spiro atoms. The van der Waals surface area contributed by atoms with Crippen molar-refractivity contribution >= 4 is 0 Å². The van der Waals surface area contributed by atoms with Gasteiger partial charge in [-0.15, -0.1) is 0 Å². The Balaban J connectivity index is 1.54. The Morgan fingerprint density at radius 2 is 1.27 bits per heavy atom. The fourth-order valence-electron chi connectivity index (χ4n) is 4.48. The van der Waals surface area contributed by atoms with Crippen molar-refractivity contribution in [2.45, 2.75) is 90.4 Å². The van der Waals surface area contributed by atoms with E-state index in [2.05, 4.69) is 25.1 Å². The average molecular weight is 302 g/mol. The van der Waals surface area contributed by atoms with Crippen molar-refractivity contribution in [2.75, 3.05) is 0 Å². The molecule has 0 aromatic carbocycles. The fourth-order valence-corrected chi connectivity index (χ4v) is 4.48. The molecule has 0 bridgehead atoms. The monoisotopic (exact) mass is 301 g/mol. The molecule has 124 valence electrons. The van der Waals surface area contributed by atoms with Crippen molar-refractivity contribution in [2.24, 2.45) is 23.7 Å². The van der Waals surface area contributed by atoms with Gasteiger partial charge in [0.15, 0.2) is 0 Å². The molecule has 2 fully saturated rings. The number of nitrogens with zero attached hydrogens (tertiary/aromatic N) is 1. The Labute approximate surface area is 138 Å². The third-order valence-corrected chi connectivity index (χ3v) is 6.12. The molecule has 0 aromatic heterocycles. The van der Waals surface area contributed by atoms with Crippen molar-refractivity contribution in [3.05, 3.63) is 12.2 Å². The van der Waals surface area contributed by atoms with E-state index in [0.29, 0.717) is 5.92 Å². The van der Waals surface area contributed by atoms with Crippen LogP contribution < -0.4 is 0 Å². The number of rotatable bonds is 7. The molecule has 0 N–H and O–H groups in total. The number of hydrogen-bond donors (Lipinski definition) is 0. The van der Waals surface area contributed by atoms with E-state index in [0.717, 1.165) is 17.8 Å². The summed E-state index contributed by atoms with van der Waals surface area (Å²) in [5.41, 5.74) is 0. The normalized spacial score (nSPS) is 32.9. The summed E-state index contributed by atoms with van der Waals surface area (Å²) in [5.74, 6) is 3.31. The summed E-state index contributed by atoms with van der Waals surface area (Å²) in [6.07, 6.45) is 22.4. The number of hydrogen-bond acceptors (Lipinski definition) is 1. The predicted octanol–water partition coefficient (Wildman–Crippen LogP) is 6.65. The van der Waals surface area contributed by atoms with Gasteiger partial charge < -0.3 is 0 Å². The molecule has 0 saturated heterocycles. The zero-order valence-electron chi connectivity index (χ0n) is 14.6. The van der Waals surface area contributed by atoms with Crippen LogP contribution in [0.1, 0.15) is 90.4 Å². The van der Waals surface area contributed by atoms with Crippen molar-refractivity contribution in [1.82, 2.24) is 0 Å². The van der Waals surface area contributed by atoms with Gasteiger partial charge in [0.2, 0.25) is 0 Å². The van der Waals surface area contributed by atoms with E-state index < -0.39 is 0 Å². The molecule has 2 aliphatic rings. The number of allylic oxidation sites excluding steroid dienone is 2. The highest BCUT2D eigenvalue weighted by atomic mass is 14.3. The Morgan fingerprint density at radius 3 is 1.77 bits per heavy atom. The molecule has 2 aliphatic carbocycles. The van der Waals surface area contributed by atoms with Crippen LogP contribution in [0.25, 0.3) is 0 Å². The first-order valence-corrected chi connectivity index (χ1v) is 9.86. The lowest BCUT2D eigenvalue weighted by atomic mass is 9.75. The summed E-state index contributed by atoms with van der Waals surface area (Å²) < 4.78 is 0. The third kappa shape index (κ3) is 6.15. The van der Waals surface area contributed by atoms with Crippen molar-refractivity contribution < 1.29 is 0 Å². The second-order valence-corrected chi connectivity index (χ2v) is 7.77. The van der Waals surface area contributed by atoms with E-state index in [4.69, 9.17) is 5.26 Å². The van der Waals surface area contributed by atoms with Crippen LogP contribution in [0.2, 0.25) is 0 Å². The van der Waals surface area contributed by atoms with Gasteiger partial charge in [0.1, 0.15) is 0 Å². The molecule has 0 heterocycles. The van der Waals surface area contributed by atoms with E-state index in [1.165, 1.54) is 83.5 Å². The second-order valence-electron chi connectivity index (χ2n) is 7.77. The molecule has 1 nitrogen and oxygen atoms in total. The van der Waals surface area contributed by atoms with Crippen LogP contribution in [0.15, 0.2) is 12.2 Å². The topological polar surface area (TPSA) is 23.8 Å². The maximum Gasteiger partial charge on any atom is 0.0655 e. The summed E-state index contributed by atoms with van der Waals surface area (Å²) in [6, 6.07) is 2.45. The van der Waals surface area contributed by atoms with E-state index in [-0.39, 0.29) is 0 Å². The van der Waals surface area contributed by atoms with Gasteiger partial charge in [-0.2, -0.15) is 5.26 Å². The van der Waals surface area contributed by atoms with Gasteiger partial charge in [-0.1, -0.05) is 57.6 Å². The Hall–Kier alpha value is -0.770. The minimum Gasteiger partial charge on any atom is -0.198 e. The summed E-state index contributed by atoms with van der Waals surface area (Å²) in [5, 5.41) is 8.97. The van der Waals surface area contributed by atoms with Crippen molar-refractivity contribution in [1.29, 1.82) is 5.26 Å². The first-order valence-electron chi connectivity index (χ1n) is 9.86. The lowest BCUT2D eigenvalue weighted by molar-refractivity contribution is 0.223. The van der Waals surface area contributed by atoms with Crippen LogP contribution in [-0.4, -0.2) is 0 Å². The van der Waals surface area contributed by atoms with Crippen LogP contribution >= 0.6 is 0 Å². The van der Waals surface area contributed by atoms with Crippen LogP contribution in [0.5, 0.6) is 0 Å². The Morgan fingerprint density at radius 1 is 0.773 bits per heavy atom. The molecular weight excluding hydrogens is 266 g/mol. The van der Waals surface area contributed by atoms with Gasteiger partial charge in [0, 0.05) is 5.92 Å². The fraction of sp³-hybridized carbons (Fsp3) is 0.857. The van der Waals surface area contributed by atoms with Gasteiger partial charge in [-0.25, -0.2) is 0 Å². The van der Waals surface area contributed by atoms with Gasteiger partial charge in [0.25, 0.3) is 0 Å². The van der Waals surface area contributed by atoms with Crippen LogP contribution in [-0.2, 0) is 0 Å². The molecule has 0 atom stereocenters. The molecule has 0 radical (unpaired) electrons. The maximum atomic E-state index is 8.97. The lowest BCUT2D eigenvalue weighted by Crippen LogP contribution is -2.17. The average Bonchev–Trinajstić information content (AvgIpc) is 2.58. The first-order chi connectivity index (χ1) is 10.8. The highest BCUT2D eigenvalue weighted by molar-refractivity contribution is 4.87. The molecule has 0 aromatic rings. The quantitative estimate of drug-likeness (QED) is 0.483. The predicted molar refractivity (Wildman–Crippen MR) is 94.4 cm³/mol. The zero-order chi connectivity index (χ0) is 15.6. The van der Waals surface area contributed by atoms with E-state index in [9.17, 15) is 0 Å². The molecule has 22 heavy (non-hydrogen) atoms. The largest absolute Gasteiger partial charge is 0.198 e. The maximum absolute atomic E-state index is 8.97. The minimum atomic E-state index is 0.369. The molecule has 0 aliphatic heterocycles. The second kappa shape index (κ2) is 10.1. The highest BCUT2D eigenvalue weighted by Crippen LogP contribution is 2.37. The Bertz CT molecular complexity index is 349. The zero-order valence-corrected chi connectivity index (χ0v) is 14.6. The van der Waals surface area contributed by atoms with Crippen molar-refractivity contribution in [3.8, 4) is 6.07 Å². The minimum absolute atomic E-state index is 0.369. The lowest BCUT2D eigenvalue weighted by Gasteiger charge is -2.30. The van der Waals surface area contributed by atoms with Gasteiger partial charge in [-0.3, -0.25) is 0 Å². The van der Waals surface area contributed by atoms with E-state index in [1.54, 1.807) is 0 Å². The summed E-state index contributed by atoms with van der Waals surface area (Å²) in [7, 11) is 0. The summed E-state index contributed by atoms with van der Waals surface area (Å²) >= 11 is 0. The summed E-state index contributed by atoms with van der Waals surface area (Å²) in [4.78, 5) is 0. The van der Waals surface area contributed by atoms with Crippen LogP contribution in [0, 0.1) is 35.0 Å². The molecule has 0 amide bonds. The highest BCUT2D eigenvalue weighted by Gasteiger charge is 2.24. The van der Waals surface area contributed by atoms with Gasteiger partial charge in [0.05, 0.1) is 6.07 Å². The number of nitriles is 1. The molecule has 1 heteroatoms. The van der Waals surface area contributed by atoms with Crippen LogP contribution in [0.3, 0.4) is 0 Å². The Kier molecular flexibility index (Phi) is 8.06. The first kappa shape index (κ1) is 17.6. The van der Waals surface area contributed by atoms with E-state index >= 15 is 0 Å². The van der Waals surface area contributed by atoms with Crippen LogP contribution in [0.4, 0.5) is 0 Å². The SMILES string of the molecule is CC/C=C/CC[C@H]1CC[C@H](CCC2CCC(C#N)CC2)CC1. The summed E-state index contributed by atoms with van der Waals surface area (Å²) in [6.45, 7) is 2.22.